The van der Waals surface area contributed by atoms with Crippen LogP contribution < -0.4 is 14.8 Å². The fourth-order valence-electron chi connectivity index (χ4n) is 4.26. The predicted molar refractivity (Wildman–Crippen MR) is 137 cm³/mol. The summed E-state index contributed by atoms with van der Waals surface area (Å²) < 4.78 is 16.9. The van der Waals surface area contributed by atoms with Gasteiger partial charge < -0.3 is 29.3 Å². The molecule has 0 saturated heterocycles. The number of anilines is 1. The molecule has 36 heavy (non-hydrogen) atoms. The summed E-state index contributed by atoms with van der Waals surface area (Å²) in [5.74, 6) is 0.301. The van der Waals surface area contributed by atoms with E-state index in [-0.39, 0.29) is 42.4 Å². The Labute approximate surface area is 212 Å². The number of hydrogen-bond acceptors (Lipinski definition) is 6. The summed E-state index contributed by atoms with van der Waals surface area (Å²) >= 11 is 0. The first-order valence-corrected chi connectivity index (χ1v) is 11.9. The summed E-state index contributed by atoms with van der Waals surface area (Å²) in [6.07, 6.45) is -0.271. The molecule has 1 N–H and O–H groups in total. The zero-order chi connectivity index (χ0) is 26.4. The van der Waals surface area contributed by atoms with Crippen LogP contribution in [0.25, 0.3) is 0 Å². The van der Waals surface area contributed by atoms with Crippen LogP contribution in [0.15, 0.2) is 42.5 Å². The quantitative estimate of drug-likeness (QED) is 0.696. The Morgan fingerprint density at radius 1 is 1.08 bits per heavy atom. The van der Waals surface area contributed by atoms with Crippen molar-refractivity contribution < 1.29 is 28.6 Å². The van der Waals surface area contributed by atoms with Crippen molar-refractivity contribution >= 4 is 23.4 Å². The van der Waals surface area contributed by atoms with E-state index in [0.29, 0.717) is 41.4 Å². The van der Waals surface area contributed by atoms with Crippen molar-refractivity contribution in [2.75, 3.05) is 46.3 Å². The van der Waals surface area contributed by atoms with E-state index in [1.807, 2.05) is 13.8 Å². The Bertz CT molecular complexity index is 1100. The minimum atomic E-state index is -0.331. The molecule has 3 rings (SSSR count). The average molecular weight is 498 g/mol. The lowest BCUT2D eigenvalue weighted by Crippen LogP contribution is -2.48. The van der Waals surface area contributed by atoms with Crippen LogP contribution in [0.4, 0.5) is 5.69 Å². The molecular formula is C27H35N3O6. The summed E-state index contributed by atoms with van der Waals surface area (Å²) in [6.45, 7) is 6.49. The maximum atomic E-state index is 13.5. The second kappa shape index (κ2) is 11.9. The second-order valence-corrected chi connectivity index (χ2v) is 9.17. The molecule has 1 aliphatic heterocycles. The second-order valence-electron chi connectivity index (χ2n) is 9.17. The van der Waals surface area contributed by atoms with Gasteiger partial charge in [0.1, 0.15) is 18.1 Å². The molecular weight excluding hydrogens is 462 g/mol. The van der Waals surface area contributed by atoms with Gasteiger partial charge in [-0.2, -0.15) is 0 Å². The third-order valence-electron chi connectivity index (χ3n) is 6.44. The summed E-state index contributed by atoms with van der Waals surface area (Å²) in [5.41, 5.74) is 1.19. The molecule has 1 heterocycles. The molecule has 3 atom stereocenters. The van der Waals surface area contributed by atoms with E-state index in [1.165, 1.54) is 14.0 Å². The molecule has 0 saturated carbocycles. The Kier molecular flexibility index (Phi) is 8.93. The molecule has 0 aliphatic carbocycles. The molecule has 0 unspecified atom stereocenters. The van der Waals surface area contributed by atoms with Crippen molar-refractivity contribution in [1.29, 1.82) is 0 Å². The van der Waals surface area contributed by atoms with Gasteiger partial charge in [0.2, 0.25) is 5.91 Å². The SMILES string of the molecule is COc1cccc(C(=O)Nc2ccc3c(c2)C(=O)N(C)C[C@H](OC)[C@H](C)CN(C(C)=O)[C@@H](C)CO3)c1. The van der Waals surface area contributed by atoms with Gasteiger partial charge in [0.15, 0.2) is 0 Å². The van der Waals surface area contributed by atoms with Gasteiger partial charge in [0.05, 0.1) is 24.8 Å². The molecule has 0 spiro atoms. The van der Waals surface area contributed by atoms with Gasteiger partial charge in [-0.25, -0.2) is 0 Å². The first kappa shape index (κ1) is 27.0. The molecule has 3 amide bonds. The van der Waals surface area contributed by atoms with Crippen molar-refractivity contribution in [2.45, 2.75) is 32.9 Å². The van der Waals surface area contributed by atoms with E-state index >= 15 is 0 Å². The number of ether oxygens (including phenoxy) is 3. The molecule has 2 aromatic rings. The van der Waals surface area contributed by atoms with E-state index in [2.05, 4.69) is 5.32 Å². The number of rotatable bonds is 4. The molecule has 9 heteroatoms. The monoisotopic (exact) mass is 497 g/mol. The van der Waals surface area contributed by atoms with Crippen molar-refractivity contribution in [3.8, 4) is 11.5 Å². The highest BCUT2D eigenvalue weighted by Crippen LogP contribution is 2.27. The zero-order valence-corrected chi connectivity index (χ0v) is 21.7. The lowest BCUT2D eigenvalue weighted by atomic mass is 10.0. The van der Waals surface area contributed by atoms with Crippen LogP contribution in [0, 0.1) is 5.92 Å². The number of benzene rings is 2. The van der Waals surface area contributed by atoms with Crippen LogP contribution in [0.5, 0.6) is 11.5 Å². The normalized spacial score (nSPS) is 20.9. The van der Waals surface area contributed by atoms with Gasteiger partial charge in [0.25, 0.3) is 11.8 Å². The fourth-order valence-corrected chi connectivity index (χ4v) is 4.26. The first-order chi connectivity index (χ1) is 17.1. The van der Waals surface area contributed by atoms with Crippen LogP contribution in [0.1, 0.15) is 41.5 Å². The lowest BCUT2D eigenvalue weighted by Gasteiger charge is -2.35. The number of nitrogens with one attached hydrogen (secondary N) is 1. The third-order valence-corrected chi connectivity index (χ3v) is 6.44. The van der Waals surface area contributed by atoms with E-state index in [0.717, 1.165) is 0 Å². The van der Waals surface area contributed by atoms with Gasteiger partial charge in [-0.15, -0.1) is 0 Å². The number of likely N-dealkylation sites (N-methyl/N-ethyl adjacent to an activating group) is 1. The molecule has 2 aromatic carbocycles. The smallest absolute Gasteiger partial charge is 0.257 e. The lowest BCUT2D eigenvalue weighted by molar-refractivity contribution is -0.133. The summed E-state index contributed by atoms with van der Waals surface area (Å²) in [4.78, 5) is 42.0. The minimum absolute atomic E-state index is 0.0102. The number of carbonyl (C=O) groups excluding carboxylic acids is 3. The third kappa shape index (κ3) is 6.34. The first-order valence-electron chi connectivity index (χ1n) is 11.9. The predicted octanol–water partition coefficient (Wildman–Crippen LogP) is 3.30. The van der Waals surface area contributed by atoms with Gasteiger partial charge in [-0.1, -0.05) is 13.0 Å². The molecule has 9 nitrogen and oxygen atoms in total. The molecule has 194 valence electrons. The van der Waals surface area contributed by atoms with Crippen molar-refractivity contribution in [3.63, 3.8) is 0 Å². The number of methoxy groups -OCH3 is 2. The van der Waals surface area contributed by atoms with Gasteiger partial charge in [0, 0.05) is 51.3 Å². The zero-order valence-electron chi connectivity index (χ0n) is 21.7. The highest BCUT2D eigenvalue weighted by Gasteiger charge is 2.29. The maximum absolute atomic E-state index is 13.5. The Balaban J connectivity index is 1.93. The van der Waals surface area contributed by atoms with Gasteiger partial charge in [-0.05, 0) is 43.3 Å². The number of carbonyl (C=O) groups is 3. The Morgan fingerprint density at radius 2 is 1.83 bits per heavy atom. The van der Waals surface area contributed by atoms with E-state index in [9.17, 15) is 14.4 Å². The van der Waals surface area contributed by atoms with E-state index in [4.69, 9.17) is 14.2 Å². The summed E-state index contributed by atoms with van der Waals surface area (Å²) in [5, 5.41) is 2.84. The van der Waals surface area contributed by atoms with E-state index < -0.39 is 0 Å². The molecule has 0 fully saturated rings. The number of fused-ring (bicyclic) bond motifs is 1. The Morgan fingerprint density at radius 3 is 2.50 bits per heavy atom. The van der Waals surface area contributed by atoms with Crippen LogP contribution >= 0.6 is 0 Å². The fraction of sp³-hybridized carbons (Fsp3) is 0.444. The van der Waals surface area contributed by atoms with Crippen LogP contribution in [0.2, 0.25) is 0 Å². The minimum Gasteiger partial charge on any atom is -0.497 e. The maximum Gasteiger partial charge on any atom is 0.257 e. The molecule has 1 aliphatic rings. The number of hydrogen-bond donors (Lipinski definition) is 1. The van der Waals surface area contributed by atoms with Crippen LogP contribution in [-0.2, 0) is 9.53 Å². The summed E-state index contributed by atoms with van der Waals surface area (Å²) in [6, 6.07) is 11.6. The number of amides is 3. The van der Waals surface area contributed by atoms with E-state index in [1.54, 1.807) is 66.4 Å². The number of nitrogens with zero attached hydrogens (tertiary/aromatic N) is 2. The highest BCUT2D eigenvalue weighted by molar-refractivity contribution is 6.05. The Hall–Kier alpha value is -3.59. The standard InChI is InChI=1S/C27H35N3O6/c1-17-14-30(19(3)31)18(2)16-36-24-11-10-21(13-23(24)27(33)29(4)15-25(17)35-6)28-26(32)20-8-7-9-22(12-20)34-5/h7-13,17-18,25H,14-16H2,1-6H3,(H,28,32)/t17-,18+,25+/m1/s1. The van der Waals surface area contributed by atoms with Crippen molar-refractivity contribution in [1.82, 2.24) is 9.80 Å². The largest absolute Gasteiger partial charge is 0.497 e. The van der Waals surface area contributed by atoms with Crippen LogP contribution in [0.3, 0.4) is 0 Å². The van der Waals surface area contributed by atoms with Crippen molar-refractivity contribution in [2.24, 2.45) is 5.92 Å². The topological polar surface area (TPSA) is 97.4 Å². The highest BCUT2D eigenvalue weighted by atomic mass is 16.5. The van der Waals surface area contributed by atoms with Crippen molar-refractivity contribution in [3.05, 3.63) is 53.6 Å². The summed E-state index contributed by atoms with van der Waals surface area (Å²) in [7, 11) is 4.84. The van der Waals surface area contributed by atoms with Crippen LogP contribution in [-0.4, -0.2) is 80.6 Å². The van der Waals surface area contributed by atoms with Gasteiger partial charge in [-0.3, -0.25) is 14.4 Å². The van der Waals surface area contributed by atoms with Gasteiger partial charge >= 0.3 is 0 Å². The average Bonchev–Trinajstić information content (AvgIpc) is 2.87. The molecule has 0 bridgehead atoms. The molecule has 0 radical (unpaired) electrons. The molecule has 0 aromatic heterocycles.